The van der Waals surface area contributed by atoms with Crippen molar-refractivity contribution in [2.45, 2.75) is 6.10 Å². The van der Waals surface area contributed by atoms with Crippen LogP contribution in [0, 0.1) is 0 Å². The average Bonchev–Trinajstić information content (AvgIpc) is 1.63. The Morgan fingerprint density at radius 3 is 2.30 bits per heavy atom. The first-order chi connectivity index (χ1) is 4.16. The van der Waals surface area contributed by atoms with Gasteiger partial charge >= 0.3 is 0 Å². The van der Waals surface area contributed by atoms with Crippen LogP contribution in [0.5, 0.6) is 0 Å². The van der Waals surface area contributed by atoms with Gasteiger partial charge in [-0.15, -0.1) is 0 Å². The molecule has 64 valence electrons. The molecule has 10 heavy (non-hydrogen) atoms. The summed E-state index contributed by atoms with van der Waals surface area (Å²) in [6, 6.07) is 0. The smallest absolute Gasteiger partial charge is 0.126 e. The van der Waals surface area contributed by atoms with Crippen LogP contribution in [0.1, 0.15) is 0 Å². The predicted octanol–water partition coefficient (Wildman–Crippen LogP) is -4.86. The first-order valence-corrected chi connectivity index (χ1v) is 3.13. The third-order valence-corrected chi connectivity index (χ3v) is 1.00. The van der Waals surface area contributed by atoms with Crippen molar-refractivity contribution in [3.05, 3.63) is 0 Å². The lowest BCUT2D eigenvalue weighted by Crippen LogP contribution is -3.07. The summed E-state index contributed by atoms with van der Waals surface area (Å²) in [5.41, 5.74) is 0. The SMILES string of the molecule is COCC(O)C[NH+](C)C.[Cl-]. The Labute approximate surface area is 68.4 Å². The molecule has 0 saturated heterocycles. The topological polar surface area (TPSA) is 33.9 Å². The van der Waals surface area contributed by atoms with Crippen LogP contribution in [0.4, 0.5) is 0 Å². The molecule has 4 heteroatoms. The molecule has 0 fully saturated rings. The second-order valence-corrected chi connectivity index (χ2v) is 2.52. The van der Waals surface area contributed by atoms with E-state index in [0.717, 1.165) is 6.54 Å². The van der Waals surface area contributed by atoms with Crippen LogP contribution in [0.25, 0.3) is 0 Å². The van der Waals surface area contributed by atoms with E-state index in [9.17, 15) is 0 Å². The Morgan fingerprint density at radius 2 is 2.00 bits per heavy atom. The molecular formula is C6H16ClNO2. The summed E-state index contributed by atoms with van der Waals surface area (Å²) in [7, 11) is 5.59. The minimum atomic E-state index is -0.319. The lowest BCUT2D eigenvalue weighted by Gasteiger charge is -2.11. The number of hydrogen-bond acceptors (Lipinski definition) is 2. The van der Waals surface area contributed by atoms with Gasteiger partial charge in [-0.3, -0.25) is 0 Å². The van der Waals surface area contributed by atoms with E-state index in [0.29, 0.717) is 6.61 Å². The van der Waals surface area contributed by atoms with E-state index in [1.54, 1.807) is 7.11 Å². The monoisotopic (exact) mass is 169 g/mol. The Balaban J connectivity index is 0. The molecule has 0 saturated carbocycles. The molecule has 0 aliphatic rings. The Kier molecular flexibility index (Phi) is 9.33. The van der Waals surface area contributed by atoms with Gasteiger partial charge in [0.1, 0.15) is 12.6 Å². The van der Waals surface area contributed by atoms with Gasteiger partial charge in [-0.25, -0.2) is 0 Å². The van der Waals surface area contributed by atoms with Crippen molar-refractivity contribution in [1.29, 1.82) is 0 Å². The Bertz CT molecular complexity index is 70.8. The number of aliphatic hydroxyl groups is 1. The van der Waals surface area contributed by atoms with Gasteiger partial charge in [0.25, 0.3) is 0 Å². The van der Waals surface area contributed by atoms with Crippen molar-refractivity contribution >= 4 is 0 Å². The fourth-order valence-corrected chi connectivity index (χ4v) is 0.723. The lowest BCUT2D eigenvalue weighted by molar-refractivity contribution is -0.861. The molecule has 0 aromatic rings. The maximum Gasteiger partial charge on any atom is 0.126 e. The third kappa shape index (κ3) is 8.17. The minimum absolute atomic E-state index is 0. The lowest BCUT2D eigenvalue weighted by atomic mass is 10.4. The van der Waals surface area contributed by atoms with Gasteiger partial charge in [0.05, 0.1) is 20.7 Å². The van der Waals surface area contributed by atoms with E-state index >= 15 is 0 Å². The highest BCUT2D eigenvalue weighted by Crippen LogP contribution is 1.76. The zero-order chi connectivity index (χ0) is 7.28. The molecule has 0 aromatic carbocycles. The highest BCUT2D eigenvalue weighted by atomic mass is 35.5. The summed E-state index contributed by atoms with van der Waals surface area (Å²) in [6.07, 6.45) is -0.319. The summed E-state index contributed by atoms with van der Waals surface area (Å²) in [6.45, 7) is 1.18. The quantitative estimate of drug-likeness (QED) is 0.443. The van der Waals surface area contributed by atoms with Crippen LogP contribution >= 0.6 is 0 Å². The van der Waals surface area contributed by atoms with E-state index in [1.807, 2.05) is 14.1 Å². The molecular weight excluding hydrogens is 154 g/mol. The number of rotatable bonds is 4. The van der Waals surface area contributed by atoms with Gasteiger partial charge in [0.2, 0.25) is 0 Å². The summed E-state index contributed by atoms with van der Waals surface area (Å²) < 4.78 is 4.74. The molecule has 0 rings (SSSR count). The second-order valence-electron chi connectivity index (χ2n) is 2.52. The Morgan fingerprint density at radius 1 is 1.50 bits per heavy atom. The standard InChI is InChI=1S/C6H15NO2.ClH/c1-7(2)4-6(8)5-9-3;/h6,8H,4-5H2,1-3H3;1H. The molecule has 0 radical (unpaired) electrons. The molecule has 0 aromatic heterocycles. The normalized spacial score (nSPS) is 12.9. The van der Waals surface area contributed by atoms with Crippen LogP contribution < -0.4 is 17.3 Å². The summed E-state index contributed by atoms with van der Waals surface area (Å²) in [5.74, 6) is 0. The molecule has 0 amide bonds. The molecule has 0 spiro atoms. The molecule has 1 unspecified atom stereocenters. The van der Waals surface area contributed by atoms with Crippen molar-refractivity contribution < 1.29 is 27.2 Å². The molecule has 0 heterocycles. The van der Waals surface area contributed by atoms with Crippen molar-refractivity contribution in [1.82, 2.24) is 0 Å². The highest BCUT2D eigenvalue weighted by molar-refractivity contribution is 4.46. The van der Waals surface area contributed by atoms with Crippen LogP contribution in [-0.2, 0) is 4.74 Å². The summed E-state index contributed by atoms with van der Waals surface area (Å²) in [5, 5.41) is 9.07. The van der Waals surface area contributed by atoms with Crippen molar-refractivity contribution in [2.24, 2.45) is 0 Å². The minimum Gasteiger partial charge on any atom is -1.00 e. The molecule has 0 bridgehead atoms. The Hall–Kier alpha value is 0.170. The summed E-state index contributed by atoms with van der Waals surface area (Å²) >= 11 is 0. The van der Waals surface area contributed by atoms with Gasteiger partial charge in [0.15, 0.2) is 0 Å². The number of likely N-dealkylation sites (N-methyl/N-ethyl adjacent to an activating group) is 1. The van der Waals surface area contributed by atoms with Gasteiger partial charge in [-0.1, -0.05) is 0 Å². The molecule has 0 aliphatic heterocycles. The van der Waals surface area contributed by atoms with E-state index in [2.05, 4.69) is 0 Å². The maximum absolute atomic E-state index is 9.07. The van der Waals surface area contributed by atoms with E-state index < -0.39 is 0 Å². The highest BCUT2D eigenvalue weighted by Gasteiger charge is 2.05. The number of hydrogen-bond donors (Lipinski definition) is 2. The van der Waals surface area contributed by atoms with Gasteiger partial charge in [-0.2, -0.15) is 0 Å². The van der Waals surface area contributed by atoms with Crippen LogP contribution in [0.2, 0.25) is 0 Å². The maximum atomic E-state index is 9.07. The zero-order valence-corrected chi connectivity index (χ0v) is 7.48. The first-order valence-electron chi connectivity index (χ1n) is 3.13. The number of nitrogens with one attached hydrogen (secondary N) is 1. The largest absolute Gasteiger partial charge is 1.00 e. The molecule has 3 nitrogen and oxygen atoms in total. The van der Waals surface area contributed by atoms with Crippen LogP contribution in [-0.4, -0.2) is 45.6 Å². The zero-order valence-electron chi connectivity index (χ0n) is 6.72. The molecule has 1 atom stereocenters. The van der Waals surface area contributed by atoms with Crippen LogP contribution in [0.3, 0.4) is 0 Å². The molecule has 0 aliphatic carbocycles. The van der Waals surface area contributed by atoms with E-state index in [1.165, 1.54) is 4.90 Å². The fourth-order valence-electron chi connectivity index (χ4n) is 0.723. The van der Waals surface area contributed by atoms with Crippen molar-refractivity contribution in [2.75, 3.05) is 34.4 Å². The third-order valence-electron chi connectivity index (χ3n) is 1.00. The van der Waals surface area contributed by atoms with E-state index in [4.69, 9.17) is 9.84 Å². The van der Waals surface area contributed by atoms with E-state index in [-0.39, 0.29) is 18.5 Å². The number of halogens is 1. The number of quaternary nitrogens is 1. The van der Waals surface area contributed by atoms with Crippen molar-refractivity contribution in [3.63, 3.8) is 0 Å². The fraction of sp³-hybridized carbons (Fsp3) is 1.00. The number of ether oxygens (including phenoxy) is 1. The predicted molar refractivity (Wildman–Crippen MR) is 35.6 cm³/mol. The van der Waals surface area contributed by atoms with Crippen molar-refractivity contribution in [3.8, 4) is 0 Å². The first kappa shape index (κ1) is 12.8. The van der Waals surface area contributed by atoms with Gasteiger partial charge in [-0.05, 0) is 0 Å². The van der Waals surface area contributed by atoms with Crippen LogP contribution in [0.15, 0.2) is 0 Å². The molecule has 2 N–H and O–H groups in total. The second kappa shape index (κ2) is 7.28. The summed E-state index contributed by atoms with van der Waals surface area (Å²) in [4.78, 5) is 1.24. The number of aliphatic hydroxyl groups excluding tert-OH is 1. The van der Waals surface area contributed by atoms with Gasteiger partial charge in [0, 0.05) is 7.11 Å². The van der Waals surface area contributed by atoms with Gasteiger partial charge < -0.3 is 27.2 Å². The number of methoxy groups -OCH3 is 1. The average molecular weight is 170 g/mol.